The number of alkyl halides is 3. The molecule has 0 N–H and O–H groups in total. The van der Waals surface area contributed by atoms with Gasteiger partial charge in [-0.2, -0.15) is 13.2 Å². The van der Waals surface area contributed by atoms with Crippen molar-refractivity contribution >= 4 is 5.97 Å². The van der Waals surface area contributed by atoms with Gasteiger partial charge in [0.15, 0.2) is 0 Å². The van der Waals surface area contributed by atoms with Crippen molar-refractivity contribution in [3.05, 3.63) is 0 Å². The lowest BCUT2D eigenvalue weighted by Crippen LogP contribution is -2.42. The Labute approximate surface area is 116 Å². The third kappa shape index (κ3) is 8.34. The zero-order valence-corrected chi connectivity index (χ0v) is 11.9. The molecule has 0 aliphatic rings. The molecule has 0 saturated heterocycles. The second-order valence-corrected chi connectivity index (χ2v) is 4.14. The highest BCUT2D eigenvalue weighted by atomic mass is 19.4. The van der Waals surface area contributed by atoms with Crippen LogP contribution in [0.3, 0.4) is 0 Å². The van der Waals surface area contributed by atoms with Crippen LogP contribution in [0.25, 0.3) is 0 Å². The van der Waals surface area contributed by atoms with E-state index in [1.807, 2.05) is 6.92 Å². The van der Waals surface area contributed by atoms with E-state index in [0.29, 0.717) is 12.8 Å². The van der Waals surface area contributed by atoms with Gasteiger partial charge in [0.2, 0.25) is 0 Å². The van der Waals surface area contributed by atoms with E-state index in [4.69, 9.17) is 9.47 Å². The van der Waals surface area contributed by atoms with Gasteiger partial charge in [-0.15, -0.1) is 0 Å². The number of esters is 1. The molecule has 0 aromatic carbocycles. The standard InChI is InChI=1S/C12H21F3O5/c1-4-5-9(2)20-11(16)10(12(13,14)15)19-8-18-7-6-17-3/h9-10H,4-8H2,1-3H3/t9?,10-/m0/s1. The Hall–Kier alpha value is -0.860. The third-order valence-corrected chi connectivity index (χ3v) is 2.27. The van der Waals surface area contributed by atoms with Crippen molar-refractivity contribution in [2.75, 3.05) is 27.1 Å². The Balaban J connectivity index is 4.31. The van der Waals surface area contributed by atoms with Crippen molar-refractivity contribution in [2.45, 2.75) is 45.1 Å². The zero-order chi connectivity index (χ0) is 15.6. The molecule has 8 heteroatoms. The molecule has 0 aliphatic heterocycles. The average Bonchev–Trinajstić information content (AvgIpc) is 2.32. The Morgan fingerprint density at radius 1 is 1.25 bits per heavy atom. The van der Waals surface area contributed by atoms with Crippen molar-refractivity contribution in [1.29, 1.82) is 0 Å². The van der Waals surface area contributed by atoms with Gasteiger partial charge >= 0.3 is 12.1 Å². The van der Waals surface area contributed by atoms with Gasteiger partial charge < -0.3 is 18.9 Å². The molecule has 0 aromatic heterocycles. The van der Waals surface area contributed by atoms with Gasteiger partial charge in [-0.1, -0.05) is 13.3 Å². The van der Waals surface area contributed by atoms with Crippen LogP contribution in [0.4, 0.5) is 13.2 Å². The van der Waals surface area contributed by atoms with E-state index in [2.05, 4.69) is 9.47 Å². The molecule has 0 bridgehead atoms. The molecule has 0 amide bonds. The minimum absolute atomic E-state index is 0.0718. The van der Waals surface area contributed by atoms with Crippen molar-refractivity contribution in [1.82, 2.24) is 0 Å². The topological polar surface area (TPSA) is 54.0 Å². The molecule has 5 nitrogen and oxygen atoms in total. The summed E-state index contributed by atoms with van der Waals surface area (Å²) >= 11 is 0. The van der Waals surface area contributed by atoms with Crippen LogP contribution in [0.2, 0.25) is 0 Å². The minimum atomic E-state index is -4.84. The SMILES string of the molecule is CCCC(C)OC(=O)[C@H](OCOCCOC)C(F)(F)F. The first kappa shape index (κ1) is 19.1. The molecule has 120 valence electrons. The van der Waals surface area contributed by atoms with Crippen LogP contribution < -0.4 is 0 Å². The maximum Gasteiger partial charge on any atom is 0.425 e. The van der Waals surface area contributed by atoms with Gasteiger partial charge in [0.05, 0.1) is 19.3 Å². The number of hydrogen-bond acceptors (Lipinski definition) is 5. The predicted octanol–water partition coefficient (Wildman–Crippen LogP) is 2.29. The molecule has 0 rings (SSSR count). The zero-order valence-electron chi connectivity index (χ0n) is 11.9. The van der Waals surface area contributed by atoms with Crippen LogP contribution in [0, 0.1) is 0 Å². The summed E-state index contributed by atoms with van der Waals surface area (Å²) in [6.07, 6.45) is -6.87. The Morgan fingerprint density at radius 3 is 2.40 bits per heavy atom. The first-order valence-corrected chi connectivity index (χ1v) is 6.28. The van der Waals surface area contributed by atoms with E-state index in [9.17, 15) is 18.0 Å². The number of rotatable bonds is 10. The van der Waals surface area contributed by atoms with Crippen LogP contribution in [-0.4, -0.2) is 51.5 Å². The lowest BCUT2D eigenvalue weighted by molar-refractivity contribution is -0.249. The van der Waals surface area contributed by atoms with Crippen LogP contribution in [-0.2, 0) is 23.7 Å². The number of halogens is 3. The largest absolute Gasteiger partial charge is 0.460 e. The molecule has 2 atom stereocenters. The quantitative estimate of drug-likeness (QED) is 0.352. The number of hydrogen-bond donors (Lipinski definition) is 0. The third-order valence-electron chi connectivity index (χ3n) is 2.27. The van der Waals surface area contributed by atoms with Crippen LogP contribution in [0.15, 0.2) is 0 Å². The van der Waals surface area contributed by atoms with Crippen molar-refractivity contribution < 1.29 is 36.9 Å². The maximum atomic E-state index is 12.7. The van der Waals surface area contributed by atoms with Crippen LogP contribution in [0.1, 0.15) is 26.7 Å². The van der Waals surface area contributed by atoms with Gasteiger partial charge in [-0.05, 0) is 13.3 Å². The number of carbonyl (C=O) groups is 1. The normalized spacial score (nSPS) is 14.9. The summed E-state index contributed by atoms with van der Waals surface area (Å²) in [5.74, 6) is -1.45. The van der Waals surface area contributed by atoms with Gasteiger partial charge in [0.1, 0.15) is 6.79 Å². The monoisotopic (exact) mass is 302 g/mol. The lowest BCUT2D eigenvalue weighted by Gasteiger charge is -2.21. The molecule has 0 heterocycles. The van der Waals surface area contributed by atoms with Crippen LogP contribution >= 0.6 is 0 Å². The van der Waals surface area contributed by atoms with Gasteiger partial charge in [-0.25, -0.2) is 4.79 Å². The van der Waals surface area contributed by atoms with E-state index in [1.165, 1.54) is 14.0 Å². The Morgan fingerprint density at radius 2 is 1.90 bits per heavy atom. The minimum Gasteiger partial charge on any atom is -0.460 e. The summed E-state index contributed by atoms with van der Waals surface area (Å²) in [4.78, 5) is 11.4. The fourth-order valence-electron chi connectivity index (χ4n) is 1.34. The highest BCUT2D eigenvalue weighted by Gasteiger charge is 2.47. The molecule has 20 heavy (non-hydrogen) atoms. The number of methoxy groups -OCH3 is 1. The van der Waals surface area contributed by atoms with Crippen molar-refractivity contribution in [2.24, 2.45) is 0 Å². The van der Waals surface area contributed by atoms with Crippen molar-refractivity contribution in [3.8, 4) is 0 Å². The first-order valence-electron chi connectivity index (χ1n) is 6.28. The summed E-state index contributed by atoms with van der Waals surface area (Å²) in [7, 11) is 1.43. The Kier molecular flexibility index (Phi) is 9.52. The fraction of sp³-hybridized carbons (Fsp3) is 0.917. The first-order chi connectivity index (χ1) is 9.32. The summed E-state index contributed by atoms with van der Waals surface area (Å²) < 4.78 is 56.5. The summed E-state index contributed by atoms with van der Waals surface area (Å²) in [6, 6.07) is 0. The molecule has 0 saturated carbocycles. The second kappa shape index (κ2) is 9.95. The molecular weight excluding hydrogens is 281 g/mol. The van der Waals surface area contributed by atoms with E-state index in [1.54, 1.807) is 0 Å². The highest BCUT2D eigenvalue weighted by molar-refractivity contribution is 5.75. The lowest BCUT2D eigenvalue weighted by atomic mass is 10.2. The summed E-state index contributed by atoms with van der Waals surface area (Å²) in [5.41, 5.74) is 0. The average molecular weight is 302 g/mol. The van der Waals surface area contributed by atoms with E-state index >= 15 is 0 Å². The van der Waals surface area contributed by atoms with E-state index in [-0.39, 0.29) is 13.2 Å². The maximum absolute atomic E-state index is 12.7. The summed E-state index contributed by atoms with van der Waals surface area (Å²) in [6.45, 7) is 3.00. The fourth-order valence-corrected chi connectivity index (χ4v) is 1.34. The molecule has 0 spiro atoms. The molecule has 1 unspecified atom stereocenters. The Bertz CT molecular complexity index is 270. The van der Waals surface area contributed by atoms with Gasteiger partial charge in [0.25, 0.3) is 6.10 Å². The highest BCUT2D eigenvalue weighted by Crippen LogP contribution is 2.24. The van der Waals surface area contributed by atoms with Gasteiger partial charge in [0, 0.05) is 7.11 Å². The second-order valence-electron chi connectivity index (χ2n) is 4.14. The molecular formula is C12H21F3O5. The molecule has 0 aliphatic carbocycles. The van der Waals surface area contributed by atoms with E-state index < -0.39 is 31.1 Å². The molecule has 0 radical (unpaired) electrons. The molecule has 0 fully saturated rings. The number of ether oxygens (including phenoxy) is 4. The molecule has 0 aromatic rings. The van der Waals surface area contributed by atoms with E-state index in [0.717, 1.165) is 0 Å². The smallest absolute Gasteiger partial charge is 0.425 e. The summed E-state index contributed by atoms with van der Waals surface area (Å²) in [5, 5.41) is 0. The van der Waals surface area contributed by atoms with Crippen molar-refractivity contribution in [3.63, 3.8) is 0 Å². The number of carbonyl (C=O) groups excluding carboxylic acids is 1. The van der Waals surface area contributed by atoms with Gasteiger partial charge in [-0.3, -0.25) is 0 Å². The van der Waals surface area contributed by atoms with Crippen LogP contribution in [0.5, 0.6) is 0 Å². The predicted molar refractivity (Wildman–Crippen MR) is 64.1 cm³/mol.